The fourth-order valence-electron chi connectivity index (χ4n) is 3.66. The van der Waals surface area contributed by atoms with Gasteiger partial charge in [-0.05, 0) is 55.1 Å². The maximum atomic E-state index is 13.1. The van der Waals surface area contributed by atoms with Crippen LogP contribution in [0.3, 0.4) is 0 Å². The van der Waals surface area contributed by atoms with Gasteiger partial charge in [0, 0.05) is 16.1 Å². The number of anilines is 1. The molecule has 1 atom stereocenters. The van der Waals surface area contributed by atoms with E-state index in [1.54, 1.807) is 36.4 Å². The molecule has 1 aliphatic rings. The number of aryl methyl sites for hydroxylation is 1. The standard InChI is InChI=1S/C24H21NO4S/c1-3-29-18-11-7-8-16(14-18)21(26)19-20(23-15(2)12-13-30-23)25(24(28)22(19)27)17-9-5-4-6-10-17/h4-14,20,26H,3H2,1-2H3/b21-19-. The number of Topliss-reactive ketones (excluding diaryl/α,β-unsaturated/α-hetero) is 1. The number of hydrogen-bond donors (Lipinski definition) is 1. The third kappa shape index (κ3) is 3.39. The number of benzene rings is 2. The van der Waals surface area contributed by atoms with Crippen molar-refractivity contribution >= 4 is 34.5 Å². The van der Waals surface area contributed by atoms with E-state index >= 15 is 0 Å². The lowest BCUT2D eigenvalue weighted by atomic mass is 9.98. The normalized spacial score (nSPS) is 18.1. The molecule has 2 heterocycles. The van der Waals surface area contributed by atoms with Crippen molar-refractivity contribution < 1.29 is 19.4 Å². The zero-order chi connectivity index (χ0) is 21.3. The summed E-state index contributed by atoms with van der Waals surface area (Å²) in [6.45, 7) is 4.29. The van der Waals surface area contributed by atoms with Gasteiger partial charge in [0.05, 0.1) is 12.2 Å². The van der Waals surface area contributed by atoms with Crippen LogP contribution in [-0.2, 0) is 9.59 Å². The van der Waals surface area contributed by atoms with E-state index in [1.165, 1.54) is 16.2 Å². The molecule has 152 valence electrons. The van der Waals surface area contributed by atoms with E-state index in [1.807, 2.05) is 43.5 Å². The van der Waals surface area contributed by atoms with E-state index in [9.17, 15) is 14.7 Å². The minimum atomic E-state index is -0.698. The number of nitrogens with zero attached hydrogens (tertiary/aromatic N) is 1. The average Bonchev–Trinajstić information content (AvgIpc) is 3.29. The smallest absolute Gasteiger partial charge is 0.300 e. The number of aliphatic hydroxyl groups is 1. The molecule has 1 fully saturated rings. The number of ether oxygens (including phenoxy) is 1. The van der Waals surface area contributed by atoms with Gasteiger partial charge in [0.2, 0.25) is 0 Å². The molecule has 0 saturated carbocycles. The molecule has 2 aromatic carbocycles. The zero-order valence-corrected chi connectivity index (χ0v) is 17.5. The topological polar surface area (TPSA) is 66.8 Å². The molecule has 30 heavy (non-hydrogen) atoms. The highest BCUT2D eigenvalue weighted by atomic mass is 32.1. The third-order valence-electron chi connectivity index (χ3n) is 5.05. The van der Waals surface area contributed by atoms with Crippen molar-refractivity contribution in [1.82, 2.24) is 0 Å². The molecule has 0 bridgehead atoms. The Labute approximate surface area is 178 Å². The van der Waals surface area contributed by atoms with E-state index in [0.717, 1.165) is 10.4 Å². The van der Waals surface area contributed by atoms with Crippen LogP contribution >= 0.6 is 11.3 Å². The molecular weight excluding hydrogens is 398 g/mol. The second-order valence-electron chi connectivity index (χ2n) is 6.93. The van der Waals surface area contributed by atoms with E-state index in [-0.39, 0.29) is 11.3 Å². The molecule has 1 unspecified atom stereocenters. The van der Waals surface area contributed by atoms with Crippen LogP contribution in [0.1, 0.15) is 29.0 Å². The zero-order valence-electron chi connectivity index (χ0n) is 16.7. The van der Waals surface area contributed by atoms with Gasteiger partial charge in [-0.1, -0.05) is 30.3 Å². The average molecular weight is 420 g/mol. The van der Waals surface area contributed by atoms with E-state index in [4.69, 9.17) is 4.74 Å². The summed E-state index contributed by atoms with van der Waals surface area (Å²) in [4.78, 5) is 28.5. The summed E-state index contributed by atoms with van der Waals surface area (Å²) in [5, 5.41) is 13.1. The molecule has 1 aliphatic heterocycles. The lowest BCUT2D eigenvalue weighted by molar-refractivity contribution is -0.132. The summed E-state index contributed by atoms with van der Waals surface area (Å²) >= 11 is 1.46. The monoisotopic (exact) mass is 419 g/mol. The summed E-state index contributed by atoms with van der Waals surface area (Å²) in [6.07, 6.45) is 0. The Hall–Kier alpha value is -3.38. The number of ketones is 1. The molecule has 0 radical (unpaired) electrons. The largest absolute Gasteiger partial charge is 0.507 e. The number of rotatable bonds is 5. The predicted octanol–water partition coefficient (Wildman–Crippen LogP) is 5.08. The van der Waals surface area contributed by atoms with E-state index in [0.29, 0.717) is 23.6 Å². The van der Waals surface area contributed by atoms with Crippen LogP contribution in [0, 0.1) is 6.92 Å². The molecule has 1 aromatic heterocycles. The van der Waals surface area contributed by atoms with Crippen molar-refractivity contribution in [3.05, 3.63) is 87.6 Å². The van der Waals surface area contributed by atoms with Crippen molar-refractivity contribution in [3.63, 3.8) is 0 Å². The van der Waals surface area contributed by atoms with Crippen LogP contribution in [0.5, 0.6) is 5.75 Å². The van der Waals surface area contributed by atoms with Gasteiger partial charge >= 0.3 is 0 Å². The summed E-state index contributed by atoms with van der Waals surface area (Å²) < 4.78 is 5.52. The van der Waals surface area contributed by atoms with Gasteiger partial charge in [-0.2, -0.15) is 0 Å². The lowest BCUT2D eigenvalue weighted by Crippen LogP contribution is -2.29. The number of carbonyl (C=O) groups is 2. The first-order valence-corrected chi connectivity index (χ1v) is 10.5. The highest BCUT2D eigenvalue weighted by Crippen LogP contribution is 2.44. The number of aliphatic hydroxyl groups excluding tert-OH is 1. The Kier molecular flexibility index (Phi) is 5.42. The van der Waals surface area contributed by atoms with Crippen LogP contribution in [-0.4, -0.2) is 23.4 Å². The van der Waals surface area contributed by atoms with Gasteiger partial charge in [0.15, 0.2) is 0 Å². The fourth-order valence-corrected chi connectivity index (χ4v) is 4.68. The third-order valence-corrected chi connectivity index (χ3v) is 6.12. The lowest BCUT2D eigenvalue weighted by Gasteiger charge is -2.25. The molecule has 6 heteroatoms. The first-order chi connectivity index (χ1) is 14.5. The second-order valence-corrected chi connectivity index (χ2v) is 7.88. The molecule has 3 aromatic rings. The molecule has 1 N–H and O–H groups in total. The summed E-state index contributed by atoms with van der Waals surface area (Å²) in [7, 11) is 0. The van der Waals surface area contributed by atoms with Crippen molar-refractivity contribution in [2.45, 2.75) is 19.9 Å². The molecule has 1 amide bonds. The Morgan fingerprint density at radius 2 is 1.87 bits per heavy atom. The Balaban J connectivity index is 1.92. The Morgan fingerprint density at radius 3 is 2.53 bits per heavy atom. The minimum Gasteiger partial charge on any atom is -0.507 e. The molecule has 5 nitrogen and oxygen atoms in total. The van der Waals surface area contributed by atoms with Crippen molar-refractivity contribution in [1.29, 1.82) is 0 Å². The van der Waals surface area contributed by atoms with Crippen LogP contribution in [0.25, 0.3) is 5.76 Å². The first-order valence-electron chi connectivity index (χ1n) is 9.66. The van der Waals surface area contributed by atoms with Gasteiger partial charge < -0.3 is 9.84 Å². The Morgan fingerprint density at radius 1 is 1.10 bits per heavy atom. The SMILES string of the molecule is CCOc1cccc(/C(O)=C2/C(=O)C(=O)N(c3ccccc3)C2c2sccc2C)c1. The summed E-state index contributed by atoms with van der Waals surface area (Å²) in [6, 6.07) is 17.2. The predicted molar refractivity (Wildman–Crippen MR) is 118 cm³/mol. The number of hydrogen-bond acceptors (Lipinski definition) is 5. The number of carbonyl (C=O) groups excluding carboxylic acids is 2. The molecule has 0 spiro atoms. The molecular formula is C24H21NO4S. The summed E-state index contributed by atoms with van der Waals surface area (Å²) in [5.74, 6) is -0.966. The highest BCUT2D eigenvalue weighted by Gasteiger charge is 2.47. The molecule has 1 saturated heterocycles. The minimum absolute atomic E-state index is 0.0862. The van der Waals surface area contributed by atoms with Gasteiger partial charge in [-0.15, -0.1) is 11.3 Å². The van der Waals surface area contributed by atoms with Gasteiger partial charge in [0.1, 0.15) is 17.6 Å². The maximum Gasteiger partial charge on any atom is 0.300 e. The Bertz CT molecular complexity index is 1130. The second kappa shape index (κ2) is 8.16. The van der Waals surface area contributed by atoms with Crippen LogP contribution in [0.2, 0.25) is 0 Å². The van der Waals surface area contributed by atoms with Gasteiger partial charge in [0.25, 0.3) is 11.7 Å². The van der Waals surface area contributed by atoms with Crippen molar-refractivity contribution in [2.24, 2.45) is 0 Å². The quantitative estimate of drug-likeness (QED) is 0.356. The van der Waals surface area contributed by atoms with Crippen molar-refractivity contribution in [2.75, 3.05) is 11.5 Å². The number of para-hydroxylation sites is 1. The summed E-state index contributed by atoms with van der Waals surface area (Å²) in [5.41, 5.74) is 2.09. The van der Waals surface area contributed by atoms with Gasteiger partial charge in [-0.3, -0.25) is 14.5 Å². The first kappa shape index (κ1) is 19.9. The van der Waals surface area contributed by atoms with Crippen LogP contribution in [0.15, 0.2) is 71.6 Å². The van der Waals surface area contributed by atoms with Crippen LogP contribution < -0.4 is 9.64 Å². The highest BCUT2D eigenvalue weighted by molar-refractivity contribution is 7.10. The van der Waals surface area contributed by atoms with E-state index < -0.39 is 17.7 Å². The van der Waals surface area contributed by atoms with Gasteiger partial charge in [-0.25, -0.2) is 0 Å². The molecule has 4 rings (SSSR count). The number of amides is 1. The number of thiophene rings is 1. The van der Waals surface area contributed by atoms with E-state index in [2.05, 4.69) is 0 Å². The maximum absolute atomic E-state index is 13.1. The van der Waals surface area contributed by atoms with Crippen LogP contribution in [0.4, 0.5) is 5.69 Å². The fraction of sp³-hybridized carbons (Fsp3) is 0.167. The van der Waals surface area contributed by atoms with Crippen molar-refractivity contribution in [3.8, 4) is 5.75 Å². The molecule has 0 aliphatic carbocycles.